The van der Waals surface area contributed by atoms with Gasteiger partial charge in [0.25, 0.3) is 0 Å². The van der Waals surface area contributed by atoms with E-state index in [-0.39, 0.29) is 6.10 Å². The van der Waals surface area contributed by atoms with Crippen molar-refractivity contribution in [3.05, 3.63) is 11.6 Å². The molecule has 1 fully saturated rings. The number of aliphatic hydroxyl groups is 1. The van der Waals surface area contributed by atoms with Crippen molar-refractivity contribution in [3.8, 4) is 0 Å². The first-order chi connectivity index (χ1) is 6.44. The van der Waals surface area contributed by atoms with Gasteiger partial charge in [-0.2, -0.15) is 0 Å². The van der Waals surface area contributed by atoms with Gasteiger partial charge in [-0.3, -0.25) is 0 Å². The largest absolute Gasteiger partial charge is 0.389 e. The molecule has 0 spiro atoms. The Morgan fingerprint density at radius 2 is 1.93 bits per heavy atom. The Bertz CT molecular complexity index is 264. The molecule has 2 aliphatic carbocycles. The van der Waals surface area contributed by atoms with Gasteiger partial charge in [0.15, 0.2) is 0 Å². The van der Waals surface area contributed by atoms with E-state index in [9.17, 15) is 5.11 Å². The lowest BCUT2D eigenvalue weighted by Gasteiger charge is -2.49. The van der Waals surface area contributed by atoms with Crippen LogP contribution in [0.5, 0.6) is 0 Å². The van der Waals surface area contributed by atoms with Crippen LogP contribution in [0.1, 0.15) is 52.9 Å². The van der Waals surface area contributed by atoms with Gasteiger partial charge in [-0.1, -0.05) is 38.8 Å². The van der Waals surface area contributed by atoms with Crippen LogP contribution in [-0.4, -0.2) is 11.2 Å². The number of aliphatic hydroxyl groups excluding tert-OH is 1. The molecule has 0 aliphatic heterocycles. The number of rotatable bonds is 0. The highest BCUT2D eigenvalue weighted by molar-refractivity contribution is 5.27. The van der Waals surface area contributed by atoms with Crippen LogP contribution >= 0.6 is 0 Å². The van der Waals surface area contributed by atoms with E-state index in [0.717, 1.165) is 6.42 Å². The van der Waals surface area contributed by atoms with Crippen molar-refractivity contribution in [2.45, 2.75) is 59.0 Å². The summed E-state index contributed by atoms with van der Waals surface area (Å²) in [6.45, 7) is 7.04. The zero-order valence-electron chi connectivity index (χ0n) is 9.64. The molecule has 0 saturated heterocycles. The van der Waals surface area contributed by atoms with Crippen LogP contribution in [0.25, 0.3) is 0 Å². The van der Waals surface area contributed by atoms with Crippen LogP contribution in [0.3, 0.4) is 0 Å². The molecular formula is C13H22O. The molecule has 1 nitrogen and oxygen atoms in total. The van der Waals surface area contributed by atoms with Crippen molar-refractivity contribution in [3.63, 3.8) is 0 Å². The molecule has 0 aromatic carbocycles. The Balaban J connectivity index is 2.38. The number of hydrogen-bond acceptors (Lipinski definition) is 1. The first kappa shape index (κ1) is 10.2. The van der Waals surface area contributed by atoms with Crippen molar-refractivity contribution in [2.75, 3.05) is 0 Å². The third-order valence-electron chi connectivity index (χ3n) is 4.26. The van der Waals surface area contributed by atoms with Gasteiger partial charge in [-0.25, -0.2) is 0 Å². The molecule has 0 radical (unpaired) electrons. The summed E-state index contributed by atoms with van der Waals surface area (Å²) in [5, 5.41) is 9.72. The average Bonchev–Trinajstić information content (AvgIpc) is 2.08. The molecule has 0 aromatic heterocycles. The van der Waals surface area contributed by atoms with E-state index in [4.69, 9.17) is 0 Å². The Hall–Kier alpha value is -0.300. The molecule has 2 atom stereocenters. The lowest BCUT2D eigenvalue weighted by molar-refractivity contribution is 0.118. The smallest absolute Gasteiger partial charge is 0.0724 e. The highest BCUT2D eigenvalue weighted by Gasteiger charge is 2.43. The van der Waals surface area contributed by atoms with Gasteiger partial charge >= 0.3 is 0 Å². The Morgan fingerprint density at radius 3 is 2.64 bits per heavy atom. The van der Waals surface area contributed by atoms with Crippen LogP contribution in [0, 0.1) is 10.8 Å². The Morgan fingerprint density at radius 1 is 1.21 bits per heavy atom. The second-order valence-corrected chi connectivity index (χ2v) is 5.98. The first-order valence-corrected chi connectivity index (χ1v) is 5.85. The predicted molar refractivity (Wildman–Crippen MR) is 59.1 cm³/mol. The molecule has 2 aliphatic rings. The van der Waals surface area contributed by atoms with Gasteiger partial charge < -0.3 is 5.11 Å². The second kappa shape index (κ2) is 3.10. The summed E-state index contributed by atoms with van der Waals surface area (Å²) >= 11 is 0. The van der Waals surface area contributed by atoms with Gasteiger partial charge in [-0.05, 0) is 36.5 Å². The monoisotopic (exact) mass is 194 g/mol. The maximum atomic E-state index is 9.72. The van der Waals surface area contributed by atoms with E-state index in [1.807, 2.05) is 0 Å². The molecule has 1 heteroatoms. The second-order valence-electron chi connectivity index (χ2n) is 5.98. The molecule has 0 amide bonds. The maximum absolute atomic E-state index is 9.72. The summed E-state index contributed by atoms with van der Waals surface area (Å²) in [5.74, 6) is 0. The third-order valence-corrected chi connectivity index (χ3v) is 4.26. The maximum Gasteiger partial charge on any atom is 0.0724 e. The molecule has 0 bridgehead atoms. The minimum absolute atomic E-state index is 0.185. The average molecular weight is 194 g/mol. The van der Waals surface area contributed by atoms with E-state index in [1.165, 1.54) is 31.3 Å². The van der Waals surface area contributed by atoms with Crippen LogP contribution < -0.4 is 0 Å². The van der Waals surface area contributed by atoms with E-state index in [2.05, 4.69) is 26.8 Å². The summed E-state index contributed by atoms with van der Waals surface area (Å²) in [6, 6.07) is 0. The lowest BCUT2D eigenvalue weighted by atomic mass is 9.57. The quantitative estimate of drug-likeness (QED) is 0.587. The highest BCUT2D eigenvalue weighted by Crippen LogP contribution is 2.54. The van der Waals surface area contributed by atoms with Gasteiger partial charge in [-0.15, -0.1) is 0 Å². The van der Waals surface area contributed by atoms with Crippen LogP contribution in [-0.2, 0) is 0 Å². The number of fused-ring (bicyclic) bond motifs is 1. The summed E-state index contributed by atoms with van der Waals surface area (Å²) in [7, 11) is 0. The van der Waals surface area contributed by atoms with Crippen molar-refractivity contribution in [1.29, 1.82) is 0 Å². The van der Waals surface area contributed by atoms with E-state index in [1.54, 1.807) is 0 Å². The molecular weight excluding hydrogens is 172 g/mol. The Labute approximate surface area is 87.2 Å². The van der Waals surface area contributed by atoms with E-state index in [0.29, 0.717) is 10.8 Å². The summed E-state index contributed by atoms with van der Waals surface area (Å²) < 4.78 is 0. The number of allylic oxidation sites excluding steroid dienone is 1. The minimum Gasteiger partial charge on any atom is -0.389 e. The van der Waals surface area contributed by atoms with Crippen molar-refractivity contribution in [1.82, 2.24) is 0 Å². The van der Waals surface area contributed by atoms with Gasteiger partial charge in [0.1, 0.15) is 0 Å². The fourth-order valence-electron chi connectivity index (χ4n) is 3.44. The van der Waals surface area contributed by atoms with Crippen molar-refractivity contribution >= 4 is 0 Å². The summed E-state index contributed by atoms with van der Waals surface area (Å²) in [4.78, 5) is 0. The van der Waals surface area contributed by atoms with E-state index >= 15 is 0 Å². The molecule has 14 heavy (non-hydrogen) atoms. The normalized spacial score (nSPS) is 41.4. The van der Waals surface area contributed by atoms with Crippen LogP contribution in [0.2, 0.25) is 0 Å². The van der Waals surface area contributed by atoms with Crippen molar-refractivity contribution < 1.29 is 5.11 Å². The standard InChI is InChI=1S/C13H22O/c1-12(2)6-4-7-13(3)8-5-10(14)9-11(12)13/h9-10,14H,4-8H2,1-3H3/t10-,13-/m1/s1. The third kappa shape index (κ3) is 1.52. The molecule has 0 heterocycles. The molecule has 1 N–H and O–H groups in total. The summed E-state index contributed by atoms with van der Waals surface area (Å²) in [6.07, 6.45) is 8.02. The lowest BCUT2D eigenvalue weighted by Crippen LogP contribution is -2.38. The minimum atomic E-state index is -0.185. The van der Waals surface area contributed by atoms with E-state index < -0.39 is 0 Å². The van der Waals surface area contributed by atoms with Gasteiger partial charge in [0.05, 0.1) is 6.10 Å². The fourth-order valence-corrected chi connectivity index (χ4v) is 3.44. The van der Waals surface area contributed by atoms with Crippen molar-refractivity contribution in [2.24, 2.45) is 10.8 Å². The van der Waals surface area contributed by atoms with Gasteiger partial charge in [0.2, 0.25) is 0 Å². The number of hydrogen-bond donors (Lipinski definition) is 1. The van der Waals surface area contributed by atoms with Gasteiger partial charge in [0, 0.05) is 0 Å². The molecule has 0 aromatic rings. The molecule has 1 saturated carbocycles. The molecule has 80 valence electrons. The Kier molecular flexibility index (Phi) is 2.26. The molecule has 0 unspecified atom stereocenters. The fraction of sp³-hybridized carbons (Fsp3) is 0.846. The topological polar surface area (TPSA) is 20.2 Å². The zero-order valence-corrected chi connectivity index (χ0v) is 9.64. The highest BCUT2D eigenvalue weighted by atomic mass is 16.3. The first-order valence-electron chi connectivity index (χ1n) is 5.85. The SMILES string of the molecule is CC1(C)CCC[C@]2(C)CC[C@@H](O)C=C12. The van der Waals surface area contributed by atoms with Crippen LogP contribution in [0.15, 0.2) is 11.6 Å². The predicted octanol–water partition coefficient (Wildman–Crippen LogP) is 3.28. The zero-order chi connectivity index (χ0) is 10.4. The van der Waals surface area contributed by atoms with Crippen LogP contribution in [0.4, 0.5) is 0 Å². The molecule has 2 rings (SSSR count). The summed E-state index contributed by atoms with van der Waals surface area (Å²) in [5.41, 5.74) is 2.23.